The number of aryl methyl sites for hydroxylation is 1. The Balaban J connectivity index is 3.38. The molecular weight excluding hydrogens is 219 g/mol. The van der Waals surface area contributed by atoms with Crippen LogP contribution in [0.2, 0.25) is 0 Å². The molecule has 0 amide bonds. The SMILES string of the molecule is Cc1cc(C(F)(F)F)c(C(=O)Cl)cn1. The number of rotatable bonds is 1. The number of carbonyl (C=O) groups is 1. The van der Waals surface area contributed by atoms with Crippen molar-refractivity contribution < 1.29 is 18.0 Å². The Morgan fingerprint density at radius 2 is 2.07 bits per heavy atom. The fourth-order valence-corrected chi connectivity index (χ4v) is 1.10. The van der Waals surface area contributed by atoms with Crippen molar-refractivity contribution >= 4 is 16.8 Å². The summed E-state index contributed by atoms with van der Waals surface area (Å²) in [5.74, 6) is 0. The summed E-state index contributed by atoms with van der Waals surface area (Å²) in [6.07, 6.45) is -3.76. The third kappa shape index (κ3) is 2.23. The summed E-state index contributed by atoms with van der Waals surface area (Å²) in [5, 5.41) is -1.16. The Morgan fingerprint density at radius 1 is 1.50 bits per heavy atom. The Bertz CT molecular complexity index is 375. The van der Waals surface area contributed by atoms with Gasteiger partial charge in [0.2, 0.25) is 0 Å². The lowest BCUT2D eigenvalue weighted by Gasteiger charge is -2.09. The first-order valence-electron chi connectivity index (χ1n) is 3.56. The molecule has 0 bridgehead atoms. The number of hydrogen-bond acceptors (Lipinski definition) is 2. The summed E-state index contributed by atoms with van der Waals surface area (Å²) in [6.45, 7) is 1.40. The molecule has 0 spiro atoms. The lowest BCUT2D eigenvalue weighted by molar-refractivity contribution is -0.138. The zero-order valence-electron chi connectivity index (χ0n) is 7.02. The predicted octanol–water partition coefficient (Wildman–Crippen LogP) is 2.79. The lowest BCUT2D eigenvalue weighted by Crippen LogP contribution is -2.12. The quantitative estimate of drug-likeness (QED) is 0.686. The van der Waals surface area contributed by atoms with Crippen LogP contribution in [0.3, 0.4) is 0 Å². The minimum atomic E-state index is -4.59. The van der Waals surface area contributed by atoms with Gasteiger partial charge in [-0.1, -0.05) is 0 Å². The molecule has 6 heteroatoms. The summed E-state index contributed by atoms with van der Waals surface area (Å²) in [5.41, 5.74) is -1.49. The Hall–Kier alpha value is -1.10. The van der Waals surface area contributed by atoms with E-state index in [0.717, 1.165) is 12.3 Å². The molecule has 76 valence electrons. The second kappa shape index (κ2) is 3.57. The van der Waals surface area contributed by atoms with Crippen LogP contribution in [-0.2, 0) is 6.18 Å². The number of alkyl halides is 3. The molecule has 2 nitrogen and oxygen atoms in total. The Labute approximate surface area is 82.7 Å². The van der Waals surface area contributed by atoms with E-state index in [1.165, 1.54) is 6.92 Å². The van der Waals surface area contributed by atoms with Crippen LogP contribution in [0.15, 0.2) is 12.3 Å². The highest BCUT2D eigenvalue weighted by Gasteiger charge is 2.35. The number of pyridine rings is 1. The highest BCUT2D eigenvalue weighted by Crippen LogP contribution is 2.32. The molecule has 0 aromatic carbocycles. The van der Waals surface area contributed by atoms with E-state index in [4.69, 9.17) is 11.6 Å². The second-order valence-electron chi connectivity index (χ2n) is 2.64. The van der Waals surface area contributed by atoms with E-state index in [-0.39, 0.29) is 5.69 Å². The number of nitrogens with zero attached hydrogens (tertiary/aromatic N) is 1. The molecule has 0 aliphatic rings. The van der Waals surface area contributed by atoms with Gasteiger partial charge in [-0.25, -0.2) is 0 Å². The average Bonchev–Trinajstić information content (AvgIpc) is 2.01. The van der Waals surface area contributed by atoms with Gasteiger partial charge in [0.25, 0.3) is 5.24 Å². The zero-order chi connectivity index (χ0) is 10.9. The van der Waals surface area contributed by atoms with Crippen LogP contribution >= 0.6 is 11.6 Å². The Kier molecular flexibility index (Phi) is 2.80. The monoisotopic (exact) mass is 223 g/mol. The van der Waals surface area contributed by atoms with Crippen LogP contribution in [0.25, 0.3) is 0 Å². The van der Waals surface area contributed by atoms with Crippen molar-refractivity contribution in [2.45, 2.75) is 13.1 Å². The highest BCUT2D eigenvalue weighted by molar-refractivity contribution is 6.67. The maximum atomic E-state index is 12.4. The van der Waals surface area contributed by atoms with Crippen molar-refractivity contribution in [1.29, 1.82) is 0 Å². The van der Waals surface area contributed by atoms with Gasteiger partial charge >= 0.3 is 6.18 Å². The molecule has 1 aromatic rings. The molecule has 1 heterocycles. The summed E-state index contributed by atoms with van der Waals surface area (Å²) in [4.78, 5) is 14.2. The normalized spacial score (nSPS) is 11.5. The van der Waals surface area contributed by atoms with E-state index in [9.17, 15) is 18.0 Å². The fourth-order valence-electron chi connectivity index (χ4n) is 0.951. The summed E-state index contributed by atoms with van der Waals surface area (Å²) < 4.78 is 37.1. The van der Waals surface area contributed by atoms with Crippen molar-refractivity contribution in [2.75, 3.05) is 0 Å². The van der Waals surface area contributed by atoms with E-state index in [1.807, 2.05) is 0 Å². The number of aromatic nitrogens is 1. The van der Waals surface area contributed by atoms with Crippen LogP contribution in [0, 0.1) is 6.92 Å². The first-order chi connectivity index (χ1) is 6.32. The van der Waals surface area contributed by atoms with Crippen LogP contribution in [0.4, 0.5) is 13.2 Å². The molecule has 0 saturated carbocycles. The molecule has 0 unspecified atom stereocenters. The molecule has 0 radical (unpaired) electrons. The van der Waals surface area contributed by atoms with Crippen molar-refractivity contribution in [2.24, 2.45) is 0 Å². The maximum absolute atomic E-state index is 12.4. The van der Waals surface area contributed by atoms with Crippen molar-refractivity contribution in [1.82, 2.24) is 4.98 Å². The first kappa shape index (κ1) is 11.0. The predicted molar refractivity (Wildman–Crippen MR) is 44.2 cm³/mol. The van der Waals surface area contributed by atoms with Gasteiger partial charge < -0.3 is 0 Å². The number of halogens is 4. The average molecular weight is 224 g/mol. The molecule has 0 aliphatic carbocycles. The van der Waals surface area contributed by atoms with Gasteiger partial charge in [0.05, 0.1) is 11.1 Å². The second-order valence-corrected chi connectivity index (χ2v) is 2.99. The Morgan fingerprint density at radius 3 is 2.50 bits per heavy atom. The van der Waals surface area contributed by atoms with Crippen LogP contribution < -0.4 is 0 Å². The van der Waals surface area contributed by atoms with E-state index < -0.39 is 22.5 Å². The lowest BCUT2D eigenvalue weighted by atomic mass is 10.1. The van der Waals surface area contributed by atoms with Gasteiger partial charge in [-0.15, -0.1) is 0 Å². The molecule has 0 N–H and O–H groups in total. The highest BCUT2D eigenvalue weighted by atomic mass is 35.5. The van der Waals surface area contributed by atoms with Crippen LogP contribution in [0.5, 0.6) is 0 Å². The molecule has 0 atom stereocenters. The third-order valence-electron chi connectivity index (χ3n) is 1.56. The summed E-state index contributed by atoms with van der Waals surface area (Å²) in [7, 11) is 0. The van der Waals surface area contributed by atoms with E-state index in [0.29, 0.717) is 0 Å². The minimum Gasteiger partial charge on any atom is -0.276 e. The van der Waals surface area contributed by atoms with Crippen molar-refractivity contribution in [3.05, 3.63) is 29.1 Å². The minimum absolute atomic E-state index is 0.180. The molecule has 14 heavy (non-hydrogen) atoms. The van der Waals surface area contributed by atoms with Gasteiger partial charge in [-0.05, 0) is 24.6 Å². The van der Waals surface area contributed by atoms with Gasteiger partial charge in [0.15, 0.2) is 0 Å². The van der Waals surface area contributed by atoms with Crippen LogP contribution in [0.1, 0.15) is 21.6 Å². The third-order valence-corrected chi connectivity index (χ3v) is 1.76. The van der Waals surface area contributed by atoms with Gasteiger partial charge in [-0.2, -0.15) is 13.2 Å². The van der Waals surface area contributed by atoms with Crippen LogP contribution in [-0.4, -0.2) is 10.2 Å². The first-order valence-corrected chi connectivity index (χ1v) is 3.94. The molecular formula is C8H5ClF3NO. The zero-order valence-corrected chi connectivity index (χ0v) is 7.78. The van der Waals surface area contributed by atoms with Gasteiger partial charge in [0.1, 0.15) is 0 Å². The van der Waals surface area contributed by atoms with Gasteiger partial charge in [0, 0.05) is 11.9 Å². The maximum Gasteiger partial charge on any atom is 0.417 e. The van der Waals surface area contributed by atoms with Gasteiger partial charge in [-0.3, -0.25) is 9.78 Å². The molecule has 1 rings (SSSR count). The molecule has 0 fully saturated rings. The van der Waals surface area contributed by atoms with E-state index in [1.54, 1.807) is 0 Å². The van der Waals surface area contributed by atoms with E-state index in [2.05, 4.69) is 4.98 Å². The smallest absolute Gasteiger partial charge is 0.276 e. The number of carbonyl (C=O) groups excluding carboxylic acids is 1. The molecule has 0 aliphatic heterocycles. The molecule has 0 saturated heterocycles. The molecule has 1 aromatic heterocycles. The van der Waals surface area contributed by atoms with Crippen molar-refractivity contribution in [3.63, 3.8) is 0 Å². The number of hydrogen-bond donors (Lipinski definition) is 0. The summed E-state index contributed by atoms with van der Waals surface area (Å²) in [6, 6.07) is 0.787. The van der Waals surface area contributed by atoms with Crippen molar-refractivity contribution in [3.8, 4) is 0 Å². The fraction of sp³-hybridized carbons (Fsp3) is 0.250. The topological polar surface area (TPSA) is 30.0 Å². The van der Waals surface area contributed by atoms with E-state index >= 15 is 0 Å². The largest absolute Gasteiger partial charge is 0.417 e. The standard InChI is InChI=1S/C8H5ClF3NO/c1-4-2-6(8(10,11)12)5(3-13-4)7(9)14/h2-3H,1H3. The summed E-state index contributed by atoms with van der Waals surface area (Å²) >= 11 is 4.99.